The SMILES string of the molecule is COC(=O)CCC1CCN(C)CC1F. The third-order valence-electron chi connectivity index (χ3n) is 2.83. The minimum Gasteiger partial charge on any atom is -0.469 e. The van der Waals surface area contributed by atoms with E-state index in [1.807, 2.05) is 11.9 Å². The maximum Gasteiger partial charge on any atom is 0.305 e. The highest BCUT2D eigenvalue weighted by Gasteiger charge is 2.27. The number of piperidine rings is 1. The van der Waals surface area contributed by atoms with Crippen molar-refractivity contribution in [3.05, 3.63) is 0 Å². The second kappa shape index (κ2) is 5.29. The molecule has 0 saturated carbocycles. The Labute approximate surface area is 84.2 Å². The summed E-state index contributed by atoms with van der Waals surface area (Å²) in [6.07, 6.45) is 1.00. The van der Waals surface area contributed by atoms with Gasteiger partial charge in [0.05, 0.1) is 7.11 Å². The predicted molar refractivity (Wildman–Crippen MR) is 51.8 cm³/mol. The van der Waals surface area contributed by atoms with Crippen LogP contribution in [0.2, 0.25) is 0 Å². The lowest BCUT2D eigenvalue weighted by Crippen LogP contribution is -2.39. The minimum absolute atomic E-state index is 0.0327. The molecule has 1 aliphatic rings. The van der Waals surface area contributed by atoms with Crippen molar-refractivity contribution in [3.63, 3.8) is 0 Å². The topological polar surface area (TPSA) is 29.5 Å². The molecule has 1 rings (SSSR count). The smallest absolute Gasteiger partial charge is 0.305 e. The van der Waals surface area contributed by atoms with Crippen molar-refractivity contribution in [3.8, 4) is 0 Å². The van der Waals surface area contributed by atoms with Crippen LogP contribution < -0.4 is 0 Å². The zero-order valence-electron chi connectivity index (χ0n) is 8.83. The molecule has 0 amide bonds. The first-order valence-corrected chi connectivity index (χ1v) is 5.03. The summed E-state index contributed by atoms with van der Waals surface area (Å²) in [5, 5.41) is 0. The fourth-order valence-corrected chi connectivity index (χ4v) is 1.84. The van der Waals surface area contributed by atoms with E-state index < -0.39 is 6.17 Å². The number of carbonyl (C=O) groups excluding carboxylic acids is 1. The number of esters is 1. The Morgan fingerprint density at radius 3 is 2.93 bits per heavy atom. The van der Waals surface area contributed by atoms with E-state index in [2.05, 4.69) is 4.74 Å². The molecule has 2 unspecified atom stereocenters. The summed E-state index contributed by atoms with van der Waals surface area (Å²) in [6.45, 7) is 1.41. The number of methoxy groups -OCH3 is 1. The van der Waals surface area contributed by atoms with Crippen molar-refractivity contribution in [2.24, 2.45) is 5.92 Å². The molecule has 0 aromatic heterocycles. The van der Waals surface area contributed by atoms with Crippen molar-refractivity contribution >= 4 is 5.97 Å². The lowest BCUT2D eigenvalue weighted by atomic mass is 9.91. The standard InChI is InChI=1S/C10H18FNO2/c1-12-6-5-8(9(11)7-12)3-4-10(13)14-2/h8-9H,3-7H2,1-2H3. The quantitative estimate of drug-likeness (QED) is 0.646. The van der Waals surface area contributed by atoms with Gasteiger partial charge < -0.3 is 9.64 Å². The Bertz CT molecular complexity index is 199. The van der Waals surface area contributed by atoms with Crippen LogP contribution in [0.4, 0.5) is 4.39 Å². The van der Waals surface area contributed by atoms with Crippen LogP contribution >= 0.6 is 0 Å². The maximum absolute atomic E-state index is 13.5. The van der Waals surface area contributed by atoms with Crippen LogP contribution in [0.3, 0.4) is 0 Å². The zero-order valence-corrected chi connectivity index (χ0v) is 8.83. The van der Waals surface area contributed by atoms with Crippen molar-refractivity contribution in [1.82, 2.24) is 4.90 Å². The summed E-state index contributed by atoms with van der Waals surface area (Å²) in [6, 6.07) is 0. The number of rotatable bonds is 3. The van der Waals surface area contributed by atoms with Gasteiger partial charge in [-0.25, -0.2) is 4.39 Å². The molecule has 0 radical (unpaired) electrons. The summed E-state index contributed by atoms with van der Waals surface area (Å²) in [7, 11) is 3.28. The summed E-state index contributed by atoms with van der Waals surface area (Å²) in [5.74, 6) is -0.207. The van der Waals surface area contributed by atoms with E-state index in [-0.39, 0.29) is 11.9 Å². The Balaban J connectivity index is 2.27. The monoisotopic (exact) mass is 203 g/mol. The average Bonchev–Trinajstić information content (AvgIpc) is 2.16. The van der Waals surface area contributed by atoms with Crippen molar-refractivity contribution in [2.45, 2.75) is 25.4 Å². The molecule has 0 spiro atoms. The normalized spacial score (nSPS) is 28.8. The highest BCUT2D eigenvalue weighted by atomic mass is 19.1. The largest absolute Gasteiger partial charge is 0.469 e. The number of halogens is 1. The van der Waals surface area contributed by atoms with Gasteiger partial charge in [0.1, 0.15) is 6.17 Å². The van der Waals surface area contributed by atoms with Gasteiger partial charge in [-0.05, 0) is 32.4 Å². The van der Waals surface area contributed by atoms with E-state index >= 15 is 0 Å². The summed E-state index contributed by atoms with van der Waals surface area (Å²) >= 11 is 0. The van der Waals surface area contributed by atoms with Crippen LogP contribution in [-0.2, 0) is 9.53 Å². The Morgan fingerprint density at radius 2 is 2.36 bits per heavy atom. The fourth-order valence-electron chi connectivity index (χ4n) is 1.84. The number of nitrogens with zero attached hydrogens (tertiary/aromatic N) is 1. The van der Waals surface area contributed by atoms with Crippen LogP contribution in [0.1, 0.15) is 19.3 Å². The fraction of sp³-hybridized carbons (Fsp3) is 0.900. The van der Waals surface area contributed by atoms with Gasteiger partial charge in [0.2, 0.25) is 0 Å². The number of hydrogen-bond donors (Lipinski definition) is 0. The number of ether oxygens (including phenoxy) is 1. The molecule has 1 fully saturated rings. The molecule has 2 atom stereocenters. The van der Waals surface area contributed by atoms with Crippen molar-refractivity contribution < 1.29 is 13.9 Å². The van der Waals surface area contributed by atoms with Gasteiger partial charge in [0.25, 0.3) is 0 Å². The third-order valence-corrected chi connectivity index (χ3v) is 2.83. The Morgan fingerprint density at radius 1 is 1.64 bits per heavy atom. The molecule has 1 heterocycles. The summed E-state index contributed by atoms with van der Waals surface area (Å²) in [4.78, 5) is 12.9. The van der Waals surface area contributed by atoms with Gasteiger partial charge in [-0.15, -0.1) is 0 Å². The molecule has 0 bridgehead atoms. The molecule has 4 heteroatoms. The molecule has 82 valence electrons. The number of likely N-dealkylation sites (tertiary alicyclic amines) is 1. The summed E-state index contributed by atoms with van der Waals surface area (Å²) < 4.78 is 18.0. The maximum atomic E-state index is 13.5. The molecule has 1 saturated heterocycles. The minimum atomic E-state index is -0.793. The van der Waals surface area contributed by atoms with Crippen LogP contribution in [0.25, 0.3) is 0 Å². The zero-order chi connectivity index (χ0) is 10.6. The Kier molecular flexibility index (Phi) is 4.32. The average molecular weight is 203 g/mol. The second-order valence-corrected chi connectivity index (χ2v) is 3.94. The first-order valence-electron chi connectivity index (χ1n) is 5.03. The van der Waals surface area contributed by atoms with Crippen molar-refractivity contribution in [1.29, 1.82) is 0 Å². The Hall–Kier alpha value is -0.640. The molecule has 0 aromatic carbocycles. The number of carbonyl (C=O) groups is 1. The van der Waals surface area contributed by atoms with Crippen LogP contribution in [-0.4, -0.2) is 44.3 Å². The van der Waals surface area contributed by atoms with Crippen LogP contribution in [0, 0.1) is 5.92 Å². The molecule has 0 aromatic rings. The summed E-state index contributed by atoms with van der Waals surface area (Å²) in [5.41, 5.74) is 0. The highest BCUT2D eigenvalue weighted by Crippen LogP contribution is 2.24. The van der Waals surface area contributed by atoms with E-state index in [1.165, 1.54) is 7.11 Å². The van der Waals surface area contributed by atoms with Gasteiger partial charge in [0, 0.05) is 13.0 Å². The highest BCUT2D eigenvalue weighted by molar-refractivity contribution is 5.69. The molecular formula is C10H18FNO2. The van der Waals surface area contributed by atoms with Crippen molar-refractivity contribution in [2.75, 3.05) is 27.2 Å². The van der Waals surface area contributed by atoms with Crippen LogP contribution in [0.5, 0.6) is 0 Å². The van der Waals surface area contributed by atoms with E-state index in [4.69, 9.17) is 0 Å². The van der Waals surface area contributed by atoms with Crippen LogP contribution in [0.15, 0.2) is 0 Å². The van der Waals surface area contributed by atoms with E-state index in [0.29, 0.717) is 19.4 Å². The first-order chi connectivity index (χ1) is 6.63. The van der Waals surface area contributed by atoms with E-state index in [9.17, 15) is 9.18 Å². The van der Waals surface area contributed by atoms with Gasteiger partial charge >= 0.3 is 5.97 Å². The molecule has 14 heavy (non-hydrogen) atoms. The van der Waals surface area contributed by atoms with Gasteiger partial charge in [-0.1, -0.05) is 0 Å². The lowest BCUT2D eigenvalue weighted by molar-refractivity contribution is -0.141. The molecule has 3 nitrogen and oxygen atoms in total. The lowest BCUT2D eigenvalue weighted by Gasteiger charge is -2.31. The number of hydrogen-bond acceptors (Lipinski definition) is 3. The molecule has 1 aliphatic heterocycles. The third kappa shape index (κ3) is 3.25. The predicted octanol–water partition coefficient (Wildman–Crippen LogP) is 1.23. The van der Waals surface area contributed by atoms with Gasteiger partial charge in [-0.2, -0.15) is 0 Å². The van der Waals surface area contributed by atoms with Gasteiger partial charge in [-0.3, -0.25) is 4.79 Å². The van der Waals surface area contributed by atoms with E-state index in [0.717, 1.165) is 13.0 Å². The molecule has 0 aliphatic carbocycles. The molecule has 0 N–H and O–H groups in total. The number of alkyl halides is 1. The first kappa shape index (κ1) is 11.4. The molecular weight excluding hydrogens is 185 g/mol. The van der Waals surface area contributed by atoms with E-state index in [1.54, 1.807) is 0 Å². The second-order valence-electron chi connectivity index (χ2n) is 3.94. The van der Waals surface area contributed by atoms with Gasteiger partial charge in [0.15, 0.2) is 0 Å².